The monoisotopic (exact) mass is 371 g/mol. The summed E-state index contributed by atoms with van der Waals surface area (Å²) in [7, 11) is 0. The van der Waals surface area contributed by atoms with Crippen molar-refractivity contribution in [1.82, 2.24) is 5.32 Å². The van der Waals surface area contributed by atoms with Crippen molar-refractivity contribution in [2.24, 2.45) is 5.41 Å². The van der Waals surface area contributed by atoms with Crippen LogP contribution in [0.3, 0.4) is 0 Å². The minimum atomic E-state index is -0.204. The Balaban J connectivity index is 1.58. The number of amides is 1. The molecule has 1 amide bonds. The van der Waals surface area contributed by atoms with Crippen molar-refractivity contribution in [3.05, 3.63) is 58.3 Å². The molecule has 0 aromatic rings. The Kier molecular flexibility index (Phi) is 6.03. The third-order valence-electron chi connectivity index (χ3n) is 5.48. The molecule has 3 aliphatic carbocycles. The molecule has 0 spiro atoms. The maximum Gasteiger partial charge on any atom is 0.224 e. The van der Waals surface area contributed by atoms with E-state index in [-0.39, 0.29) is 17.1 Å². The van der Waals surface area contributed by atoms with E-state index in [0.717, 1.165) is 41.9 Å². The van der Waals surface area contributed by atoms with Gasteiger partial charge in [0, 0.05) is 30.4 Å². The quantitative estimate of drug-likeness (QED) is 0.576. The smallest absolute Gasteiger partial charge is 0.224 e. The second-order valence-corrected chi connectivity index (χ2v) is 8.44. The molecule has 0 saturated carbocycles. The van der Waals surface area contributed by atoms with Crippen molar-refractivity contribution in [3.8, 4) is 0 Å². The predicted molar refractivity (Wildman–Crippen MR) is 106 cm³/mol. The van der Waals surface area contributed by atoms with Gasteiger partial charge in [-0.25, -0.2) is 4.39 Å². The van der Waals surface area contributed by atoms with Crippen LogP contribution >= 0.6 is 0 Å². The molecule has 0 fully saturated rings. The van der Waals surface area contributed by atoms with Gasteiger partial charge in [0.05, 0.1) is 5.76 Å². The molecule has 0 bridgehead atoms. The summed E-state index contributed by atoms with van der Waals surface area (Å²) >= 11 is 0. The van der Waals surface area contributed by atoms with E-state index in [1.54, 1.807) is 6.08 Å². The van der Waals surface area contributed by atoms with Crippen molar-refractivity contribution in [2.45, 2.75) is 65.7 Å². The Bertz CT molecular complexity index is 765. The highest BCUT2D eigenvalue weighted by Gasteiger charge is 2.32. The summed E-state index contributed by atoms with van der Waals surface area (Å²) < 4.78 is 19.1. The lowest BCUT2D eigenvalue weighted by Crippen LogP contribution is -2.34. The van der Waals surface area contributed by atoms with Gasteiger partial charge in [-0.1, -0.05) is 31.6 Å². The summed E-state index contributed by atoms with van der Waals surface area (Å²) in [6.07, 6.45) is 13.5. The average molecular weight is 371 g/mol. The van der Waals surface area contributed by atoms with Gasteiger partial charge in [0.15, 0.2) is 0 Å². The summed E-state index contributed by atoms with van der Waals surface area (Å²) in [6, 6.07) is 0. The average Bonchev–Trinajstić information content (AvgIpc) is 3.25. The lowest BCUT2D eigenvalue weighted by molar-refractivity contribution is -0.120. The highest BCUT2D eigenvalue weighted by molar-refractivity contribution is 5.78. The molecule has 0 radical (unpaired) electrons. The van der Waals surface area contributed by atoms with E-state index in [1.165, 1.54) is 18.1 Å². The summed E-state index contributed by atoms with van der Waals surface area (Å²) in [6.45, 7) is 6.67. The minimum Gasteiger partial charge on any atom is -0.494 e. The number of rotatable bonds is 7. The van der Waals surface area contributed by atoms with Gasteiger partial charge in [0.2, 0.25) is 5.91 Å². The van der Waals surface area contributed by atoms with Crippen LogP contribution in [0.4, 0.5) is 4.39 Å². The number of hydrogen-bond acceptors (Lipinski definition) is 2. The largest absolute Gasteiger partial charge is 0.494 e. The van der Waals surface area contributed by atoms with Crippen LogP contribution in [0, 0.1) is 5.41 Å². The van der Waals surface area contributed by atoms with Gasteiger partial charge in [-0.3, -0.25) is 4.79 Å². The van der Waals surface area contributed by atoms with Crippen LogP contribution in [-0.4, -0.2) is 12.5 Å². The van der Waals surface area contributed by atoms with Crippen LogP contribution in [-0.2, 0) is 9.53 Å². The summed E-state index contributed by atoms with van der Waals surface area (Å²) in [5.74, 6) is 0.862. The SMILES string of the molecule is CC1=C(NC(=O)CCC2=CCCC2)C(C)(C)CC(OCC2=CC=C(F)C2)=C1. The Morgan fingerprint density at radius 2 is 2.11 bits per heavy atom. The number of allylic oxidation sites excluding steroid dienone is 9. The molecule has 4 heteroatoms. The van der Waals surface area contributed by atoms with Gasteiger partial charge >= 0.3 is 0 Å². The van der Waals surface area contributed by atoms with Gasteiger partial charge in [-0.05, 0) is 55.9 Å². The van der Waals surface area contributed by atoms with Crippen LogP contribution in [0.1, 0.15) is 65.7 Å². The van der Waals surface area contributed by atoms with Crippen LogP contribution in [0.5, 0.6) is 0 Å². The Morgan fingerprint density at radius 1 is 1.30 bits per heavy atom. The Labute approximate surface area is 161 Å². The molecule has 0 aromatic carbocycles. The van der Waals surface area contributed by atoms with Crippen LogP contribution in [0.15, 0.2) is 58.3 Å². The first kappa shape index (κ1) is 19.7. The molecular weight excluding hydrogens is 341 g/mol. The number of hydrogen-bond donors (Lipinski definition) is 1. The first-order valence-corrected chi connectivity index (χ1v) is 9.90. The zero-order valence-corrected chi connectivity index (χ0v) is 16.7. The molecule has 0 atom stereocenters. The summed E-state index contributed by atoms with van der Waals surface area (Å²) in [5, 5.41) is 3.15. The maximum atomic E-state index is 13.1. The van der Waals surface area contributed by atoms with Crippen molar-refractivity contribution >= 4 is 5.91 Å². The van der Waals surface area contributed by atoms with Gasteiger partial charge in [0.25, 0.3) is 0 Å². The normalized spacial score (nSPS) is 21.5. The van der Waals surface area contributed by atoms with E-state index >= 15 is 0 Å². The molecule has 3 aliphatic rings. The second kappa shape index (κ2) is 8.28. The molecule has 0 aliphatic heterocycles. The molecular formula is C23H30FNO2. The van der Waals surface area contributed by atoms with Gasteiger partial charge in [-0.2, -0.15) is 0 Å². The predicted octanol–water partition coefficient (Wildman–Crippen LogP) is 5.78. The molecule has 3 rings (SSSR count). The first-order chi connectivity index (χ1) is 12.8. The lowest BCUT2D eigenvalue weighted by Gasteiger charge is -2.34. The molecule has 0 unspecified atom stereocenters. The van der Waals surface area contributed by atoms with Crippen molar-refractivity contribution in [2.75, 3.05) is 6.61 Å². The number of halogens is 1. The fourth-order valence-corrected chi connectivity index (χ4v) is 4.05. The molecule has 0 aromatic heterocycles. The molecule has 0 saturated heterocycles. The van der Waals surface area contributed by atoms with E-state index in [1.807, 2.05) is 13.0 Å². The van der Waals surface area contributed by atoms with Crippen molar-refractivity contribution in [1.29, 1.82) is 0 Å². The number of nitrogens with one attached hydrogen (secondary N) is 1. The highest BCUT2D eigenvalue weighted by atomic mass is 19.1. The lowest BCUT2D eigenvalue weighted by atomic mass is 9.79. The van der Waals surface area contributed by atoms with Crippen LogP contribution in [0.25, 0.3) is 0 Å². The summed E-state index contributed by atoms with van der Waals surface area (Å²) in [5.41, 5.74) is 4.17. The van der Waals surface area contributed by atoms with E-state index in [9.17, 15) is 9.18 Å². The first-order valence-electron chi connectivity index (χ1n) is 9.90. The topological polar surface area (TPSA) is 38.3 Å². The molecule has 3 nitrogen and oxygen atoms in total. The Morgan fingerprint density at radius 3 is 2.74 bits per heavy atom. The standard InChI is InChI=1S/C23H30FNO2/c1-16-12-20(27-15-18-8-10-19(24)13-18)14-23(2,3)22(16)25-21(26)11-9-17-6-4-5-7-17/h6,8,10,12H,4-5,7,9,11,13-15H2,1-3H3,(H,25,26). The minimum absolute atomic E-state index is 0.0839. The van der Waals surface area contributed by atoms with Gasteiger partial charge in [0.1, 0.15) is 12.4 Å². The molecule has 0 heterocycles. The van der Waals surface area contributed by atoms with E-state index in [4.69, 9.17) is 4.74 Å². The van der Waals surface area contributed by atoms with E-state index in [2.05, 4.69) is 25.2 Å². The zero-order chi connectivity index (χ0) is 19.4. The molecule has 1 N–H and O–H groups in total. The number of carbonyl (C=O) groups excluding carboxylic acids is 1. The van der Waals surface area contributed by atoms with E-state index in [0.29, 0.717) is 25.9 Å². The molecule has 146 valence electrons. The fourth-order valence-electron chi connectivity index (χ4n) is 4.05. The zero-order valence-electron chi connectivity index (χ0n) is 16.7. The maximum absolute atomic E-state index is 13.1. The number of ether oxygens (including phenoxy) is 1. The third kappa shape index (κ3) is 5.21. The van der Waals surface area contributed by atoms with Gasteiger partial charge in [-0.15, -0.1) is 0 Å². The van der Waals surface area contributed by atoms with Gasteiger partial charge < -0.3 is 10.1 Å². The van der Waals surface area contributed by atoms with Crippen molar-refractivity contribution in [3.63, 3.8) is 0 Å². The van der Waals surface area contributed by atoms with Crippen LogP contribution < -0.4 is 5.32 Å². The summed E-state index contributed by atoms with van der Waals surface area (Å²) in [4.78, 5) is 12.4. The van der Waals surface area contributed by atoms with Crippen LogP contribution in [0.2, 0.25) is 0 Å². The second-order valence-electron chi connectivity index (χ2n) is 8.44. The van der Waals surface area contributed by atoms with Crippen molar-refractivity contribution < 1.29 is 13.9 Å². The number of carbonyl (C=O) groups is 1. The fraction of sp³-hybridized carbons (Fsp3) is 0.522. The highest BCUT2D eigenvalue weighted by Crippen LogP contribution is 2.39. The Hall–Kier alpha value is -2.10. The molecule has 27 heavy (non-hydrogen) atoms. The van der Waals surface area contributed by atoms with E-state index < -0.39 is 0 Å². The third-order valence-corrected chi connectivity index (χ3v) is 5.48.